The van der Waals surface area contributed by atoms with Crippen LogP contribution in [0.1, 0.15) is 5.56 Å². The first-order valence-corrected chi connectivity index (χ1v) is 10.2. The van der Waals surface area contributed by atoms with Gasteiger partial charge in [-0.15, -0.1) is 0 Å². The van der Waals surface area contributed by atoms with Gasteiger partial charge in [-0.25, -0.2) is 18.4 Å². The molecule has 0 fully saturated rings. The van der Waals surface area contributed by atoms with Gasteiger partial charge in [0.25, 0.3) is 0 Å². The van der Waals surface area contributed by atoms with Gasteiger partial charge in [-0.2, -0.15) is 0 Å². The van der Waals surface area contributed by atoms with Crippen LogP contribution in [-0.4, -0.2) is 7.11 Å². The summed E-state index contributed by atoms with van der Waals surface area (Å²) in [4.78, 5) is 25.1. The minimum Gasteiger partial charge on any atom is -0.493 e. The number of hydrogen-bond donors (Lipinski definition) is 0. The summed E-state index contributed by atoms with van der Waals surface area (Å²) in [5.74, 6) is -0.819. The molecule has 0 saturated carbocycles. The molecule has 5 rings (SSSR count). The van der Waals surface area contributed by atoms with E-state index in [0.29, 0.717) is 27.7 Å². The van der Waals surface area contributed by atoms with Crippen molar-refractivity contribution in [2.45, 2.75) is 6.61 Å². The zero-order valence-electron chi connectivity index (χ0n) is 17.8. The van der Waals surface area contributed by atoms with Gasteiger partial charge in [0.2, 0.25) is 0 Å². The van der Waals surface area contributed by atoms with Crippen LogP contribution in [0.25, 0.3) is 33.1 Å². The fourth-order valence-corrected chi connectivity index (χ4v) is 3.75. The maximum Gasteiger partial charge on any atom is 0.344 e. The quantitative estimate of drug-likeness (QED) is 0.324. The molecule has 170 valence electrons. The molecular formula is C26H16F2O6. The number of rotatable bonds is 5. The number of methoxy groups -OCH3 is 1. The molecule has 0 radical (unpaired) electrons. The number of para-hydroxylation sites is 1. The Balaban J connectivity index is 1.58. The van der Waals surface area contributed by atoms with Crippen molar-refractivity contribution in [3.63, 3.8) is 0 Å². The highest BCUT2D eigenvalue weighted by Gasteiger charge is 2.16. The van der Waals surface area contributed by atoms with Crippen molar-refractivity contribution in [3.8, 4) is 22.6 Å². The zero-order chi connectivity index (χ0) is 23.8. The smallest absolute Gasteiger partial charge is 0.344 e. The first-order valence-electron chi connectivity index (χ1n) is 10.2. The van der Waals surface area contributed by atoms with Gasteiger partial charge in [-0.3, -0.25) is 0 Å². The molecule has 0 unspecified atom stereocenters. The van der Waals surface area contributed by atoms with Crippen LogP contribution in [0.2, 0.25) is 0 Å². The first kappa shape index (κ1) is 21.4. The normalized spacial score (nSPS) is 11.1. The number of benzene rings is 3. The van der Waals surface area contributed by atoms with Crippen LogP contribution >= 0.6 is 0 Å². The minimum absolute atomic E-state index is 0.138. The van der Waals surface area contributed by atoms with Gasteiger partial charge in [0, 0.05) is 28.5 Å². The summed E-state index contributed by atoms with van der Waals surface area (Å²) in [6.07, 6.45) is 0. The Bertz CT molecular complexity index is 1650. The molecule has 2 aromatic heterocycles. The Kier molecular flexibility index (Phi) is 5.33. The van der Waals surface area contributed by atoms with Crippen molar-refractivity contribution in [3.05, 3.63) is 105 Å². The molecular weight excluding hydrogens is 446 g/mol. The molecule has 8 heteroatoms. The number of ether oxygens (including phenoxy) is 2. The Hall–Kier alpha value is -4.46. The van der Waals surface area contributed by atoms with E-state index in [-0.39, 0.29) is 29.1 Å². The van der Waals surface area contributed by atoms with Crippen LogP contribution in [-0.2, 0) is 6.61 Å². The number of hydrogen-bond acceptors (Lipinski definition) is 6. The standard InChI is InChI=1S/C26H16F2O6/c1-31-22-7-2-4-14-10-18(26(30)34-25(14)22)17-12-24(29)33-23-11-15(8-9-16(17)23)32-13-19-20(27)5-3-6-21(19)28/h2-12H,13H2,1H3. The average Bonchev–Trinajstić information content (AvgIpc) is 2.82. The van der Waals surface area contributed by atoms with Crippen molar-refractivity contribution >= 4 is 21.9 Å². The Morgan fingerprint density at radius 1 is 0.853 bits per heavy atom. The van der Waals surface area contributed by atoms with E-state index in [9.17, 15) is 18.4 Å². The van der Waals surface area contributed by atoms with E-state index >= 15 is 0 Å². The van der Waals surface area contributed by atoms with E-state index < -0.39 is 22.9 Å². The van der Waals surface area contributed by atoms with Crippen LogP contribution in [0.3, 0.4) is 0 Å². The molecule has 0 spiro atoms. The Morgan fingerprint density at radius 3 is 2.38 bits per heavy atom. The maximum atomic E-state index is 13.9. The van der Waals surface area contributed by atoms with E-state index in [0.717, 1.165) is 12.1 Å². The monoisotopic (exact) mass is 462 g/mol. The maximum absolute atomic E-state index is 13.9. The van der Waals surface area contributed by atoms with Crippen molar-refractivity contribution in [2.24, 2.45) is 0 Å². The van der Waals surface area contributed by atoms with Gasteiger partial charge in [0.15, 0.2) is 11.3 Å². The van der Waals surface area contributed by atoms with Crippen molar-refractivity contribution < 1.29 is 27.1 Å². The summed E-state index contributed by atoms with van der Waals surface area (Å²) in [6.45, 7) is -0.357. The SMILES string of the molecule is COc1cccc2cc(-c3cc(=O)oc4cc(OCc5c(F)cccc5F)ccc34)c(=O)oc12. The van der Waals surface area contributed by atoms with E-state index in [4.69, 9.17) is 18.3 Å². The molecule has 5 aromatic rings. The highest BCUT2D eigenvalue weighted by atomic mass is 19.1. The molecule has 2 heterocycles. The van der Waals surface area contributed by atoms with Gasteiger partial charge in [-0.1, -0.05) is 18.2 Å². The molecule has 0 saturated heterocycles. The second kappa shape index (κ2) is 8.47. The van der Waals surface area contributed by atoms with Gasteiger partial charge in [0.1, 0.15) is 29.6 Å². The molecule has 0 amide bonds. The number of fused-ring (bicyclic) bond motifs is 2. The lowest BCUT2D eigenvalue weighted by Crippen LogP contribution is -2.07. The fourth-order valence-electron chi connectivity index (χ4n) is 3.75. The topological polar surface area (TPSA) is 78.9 Å². The highest BCUT2D eigenvalue weighted by Crippen LogP contribution is 2.32. The van der Waals surface area contributed by atoms with Crippen molar-refractivity contribution in [1.29, 1.82) is 0 Å². The summed E-state index contributed by atoms with van der Waals surface area (Å²) in [5.41, 5.74) is -0.649. The van der Waals surface area contributed by atoms with Gasteiger partial charge in [-0.05, 0) is 36.4 Å². The van der Waals surface area contributed by atoms with Crippen LogP contribution in [0, 0.1) is 11.6 Å². The third-order valence-corrected chi connectivity index (χ3v) is 5.39. The molecule has 0 aliphatic carbocycles. The first-order chi connectivity index (χ1) is 16.4. The summed E-state index contributed by atoms with van der Waals surface area (Å²) in [7, 11) is 1.47. The van der Waals surface area contributed by atoms with Crippen LogP contribution in [0.15, 0.2) is 85.2 Å². The van der Waals surface area contributed by atoms with Crippen molar-refractivity contribution in [2.75, 3.05) is 7.11 Å². The number of halogens is 2. The predicted octanol–water partition coefficient (Wildman–Crippen LogP) is 5.43. The van der Waals surface area contributed by atoms with Crippen LogP contribution in [0.5, 0.6) is 11.5 Å². The lowest BCUT2D eigenvalue weighted by Gasteiger charge is -2.10. The molecule has 0 bridgehead atoms. The Labute approximate surface area is 190 Å². The van der Waals surface area contributed by atoms with E-state index in [2.05, 4.69) is 0 Å². The summed E-state index contributed by atoms with van der Waals surface area (Å²) >= 11 is 0. The molecule has 34 heavy (non-hydrogen) atoms. The minimum atomic E-state index is -0.728. The molecule has 3 aromatic carbocycles. The predicted molar refractivity (Wildman–Crippen MR) is 121 cm³/mol. The summed E-state index contributed by atoms with van der Waals surface area (Å²) in [5, 5.41) is 1.07. The van der Waals surface area contributed by atoms with Crippen LogP contribution < -0.4 is 20.7 Å². The average molecular weight is 462 g/mol. The lowest BCUT2D eigenvalue weighted by atomic mass is 10.0. The third kappa shape index (κ3) is 3.79. The van der Waals surface area contributed by atoms with Crippen molar-refractivity contribution in [1.82, 2.24) is 0 Å². The lowest BCUT2D eigenvalue weighted by molar-refractivity contribution is 0.292. The Morgan fingerprint density at radius 2 is 1.62 bits per heavy atom. The largest absolute Gasteiger partial charge is 0.493 e. The fraction of sp³-hybridized carbons (Fsp3) is 0.0769. The molecule has 6 nitrogen and oxygen atoms in total. The van der Waals surface area contributed by atoms with E-state index in [1.807, 2.05) is 0 Å². The van der Waals surface area contributed by atoms with Gasteiger partial charge in [0.05, 0.1) is 18.2 Å². The zero-order valence-corrected chi connectivity index (χ0v) is 17.8. The molecule has 0 atom stereocenters. The summed E-state index contributed by atoms with van der Waals surface area (Å²) < 4.78 is 49.3. The molecule has 0 aliphatic rings. The summed E-state index contributed by atoms with van der Waals surface area (Å²) in [6, 6.07) is 16.1. The molecule has 0 aliphatic heterocycles. The van der Waals surface area contributed by atoms with E-state index in [1.165, 1.54) is 25.3 Å². The van der Waals surface area contributed by atoms with Crippen LogP contribution in [0.4, 0.5) is 8.78 Å². The second-order valence-electron chi connectivity index (χ2n) is 7.45. The highest BCUT2D eigenvalue weighted by molar-refractivity contribution is 5.96. The van der Waals surface area contributed by atoms with Gasteiger partial charge >= 0.3 is 11.3 Å². The second-order valence-corrected chi connectivity index (χ2v) is 7.45. The van der Waals surface area contributed by atoms with E-state index in [1.54, 1.807) is 36.4 Å². The molecule has 0 N–H and O–H groups in total. The van der Waals surface area contributed by atoms with Gasteiger partial charge < -0.3 is 18.3 Å². The third-order valence-electron chi connectivity index (χ3n) is 5.39.